The number of aliphatic hydroxyl groups excluding tert-OH is 1. The van der Waals surface area contributed by atoms with Crippen molar-refractivity contribution in [3.05, 3.63) is 100 Å². The van der Waals surface area contributed by atoms with E-state index in [9.17, 15) is 19.5 Å². The van der Waals surface area contributed by atoms with Crippen LogP contribution in [0.15, 0.2) is 72.3 Å². The maximum Gasteiger partial charge on any atom is 0.338 e. The van der Waals surface area contributed by atoms with Gasteiger partial charge >= 0.3 is 5.97 Å². The van der Waals surface area contributed by atoms with E-state index in [1.54, 1.807) is 49.4 Å². The molecule has 1 heterocycles. The lowest BCUT2D eigenvalue weighted by Crippen LogP contribution is -2.29. The second-order valence-corrected chi connectivity index (χ2v) is 10.5. The predicted octanol–water partition coefficient (Wildman–Crippen LogP) is 6.10. The number of nitrogens with zero attached hydrogens (tertiary/aromatic N) is 1. The van der Waals surface area contributed by atoms with Gasteiger partial charge in [-0.25, -0.2) is 4.79 Å². The first kappa shape index (κ1) is 27.6. The van der Waals surface area contributed by atoms with Crippen LogP contribution >= 0.6 is 0 Å². The Bertz CT molecular complexity index is 1480. The third kappa shape index (κ3) is 5.30. The quantitative estimate of drug-likeness (QED) is 0.180. The molecular weight excluding hydrogens is 494 g/mol. The van der Waals surface area contributed by atoms with Gasteiger partial charge in [0.1, 0.15) is 11.5 Å². The first-order valence-electron chi connectivity index (χ1n) is 12.8. The van der Waals surface area contributed by atoms with Crippen molar-refractivity contribution in [1.29, 1.82) is 0 Å². The number of carbonyl (C=O) groups is 3. The van der Waals surface area contributed by atoms with Crippen LogP contribution in [0.1, 0.15) is 66.3 Å². The van der Waals surface area contributed by atoms with E-state index in [0.29, 0.717) is 22.6 Å². The molecule has 0 saturated carbocycles. The molecule has 0 bridgehead atoms. The number of rotatable bonds is 6. The van der Waals surface area contributed by atoms with E-state index in [-0.39, 0.29) is 28.9 Å². The summed E-state index contributed by atoms with van der Waals surface area (Å²) in [5.74, 6) is -1.89. The van der Waals surface area contributed by atoms with E-state index >= 15 is 0 Å². The summed E-state index contributed by atoms with van der Waals surface area (Å²) in [7, 11) is 1.53. The highest BCUT2D eigenvalue weighted by atomic mass is 16.5. The molecule has 3 aromatic carbocycles. The Kier molecular flexibility index (Phi) is 7.63. The molecule has 7 nitrogen and oxygen atoms in total. The highest BCUT2D eigenvalue weighted by Crippen LogP contribution is 2.43. The molecular formula is C32H33NO6. The Balaban J connectivity index is 1.97. The van der Waals surface area contributed by atoms with Gasteiger partial charge in [0.15, 0.2) is 0 Å². The summed E-state index contributed by atoms with van der Waals surface area (Å²) >= 11 is 0. The number of methoxy groups -OCH3 is 1. The van der Waals surface area contributed by atoms with Crippen molar-refractivity contribution in [2.24, 2.45) is 0 Å². The third-order valence-electron chi connectivity index (χ3n) is 6.85. The molecule has 0 spiro atoms. The van der Waals surface area contributed by atoms with Crippen molar-refractivity contribution in [2.75, 3.05) is 18.6 Å². The summed E-state index contributed by atoms with van der Waals surface area (Å²) in [6.45, 7) is 9.94. The maximum absolute atomic E-state index is 13.6. The van der Waals surface area contributed by atoms with Crippen LogP contribution in [0.3, 0.4) is 0 Å². The number of amides is 1. The Morgan fingerprint density at radius 2 is 1.72 bits per heavy atom. The Hall–Kier alpha value is -4.39. The summed E-state index contributed by atoms with van der Waals surface area (Å²) in [6.07, 6.45) is 0. The standard InChI is InChI=1S/C32H33NO6/c1-7-39-31(37)21-11-8-12-23(16-21)33-27(20-10-9-13-24(17-20)38-6)26(29(35)30(33)36)28(34)25-18-22(32(3,4)5)15-14-19(25)2/h8-18,27,34H,7H2,1-6H3/b28-26+. The van der Waals surface area contributed by atoms with Gasteiger partial charge in [-0.3, -0.25) is 14.5 Å². The van der Waals surface area contributed by atoms with Crippen molar-refractivity contribution >= 4 is 29.1 Å². The molecule has 1 unspecified atom stereocenters. The van der Waals surface area contributed by atoms with Crippen LogP contribution in [0.5, 0.6) is 5.75 Å². The van der Waals surface area contributed by atoms with Gasteiger partial charge in [-0.05, 0) is 72.4 Å². The number of aryl methyl sites for hydroxylation is 1. The molecule has 0 radical (unpaired) electrons. The van der Waals surface area contributed by atoms with Gasteiger partial charge in [-0.2, -0.15) is 0 Å². The number of Topliss-reactive ketones (excluding diaryl/α,β-unsaturated/α-hetero) is 1. The number of ether oxygens (including phenoxy) is 2. The van der Waals surface area contributed by atoms with Crippen molar-refractivity contribution in [1.82, 2.24) is 0 Å². The summed E-state index contributed by atoms with van der Waals surface area (Å²) in [4.78, 5) is 41.0. The zero-order valence-corrected chi connectivity index (χ0v) is 23.1. The first-order valence-corrected chi connectivity index (χ1v) is 12.8. The zero-order valence-electron chi connectivity index (χ0n) is 23.1. The number of carbonyl (C=O) groups excluding carboxylic acids is 3. The molecule has 3 aromatic rings. The molecule has 1 amide bonds. The van der Waals surface area contributed by atoms with Gasteiger partial charge in [-0.1, -0.05) is 51.1 Å². The number of esters is 1. The molecule has 4 rings (SSSR count). The van der Waals surface area contributed by atoms with Gasteiger partial charge in [-0.15, -0.1) is 0 Å². The molecule has 1 atom stereocenters. The van der Waals surface area contributed by atoms with Gasteiger partial charge in [0, 0.05) is 11.3 Å². The van der Waals surface area contributed by atoms with Crippen LogP contribution in [0, 0.1) is 6.92 Å². The number of anilines is 1. The topological polar surface area (TPSA) is 93.1 Å². The van der Waals surface area contributed by atoms with Crippen molar-refractivity contribution in [3.63, 3.8) is 0 Å². The molecule has 1 aliphatic heterocycles. The Morgan fingerprint density at radius 3 is 2.38 bits per heavy atom. The molecule has 1 N–H and O–H groups in total. The number of hydrogen-bond donors (Lipinski definition) is 1. The van der Waals surface area contributed by atoms with Crippen LogP contribution < -0.4 is 9.64 Å². The van der Waals surface area contributed by atoms with E-state index in [0.717, 1.165) is 11.1 Å². The van der Waals surface area contributed by atoms with Crippen LogP contribution in [0.2, 0.25) is 0 Å². The molecule has 0 aliphatic carbocycles. The van der Waals surface area contributed by atoms with Crippen LogP contribution in [0.25, 0.3) is 5.76 Å². The highest BCUT2D eigenvalue weighted by Gasteiger charge is 2.47. The molecule has 39 heavy (non-hydrogen) atoms. The summed E-state index contributed by atoms with van der Waals surface area (Å²) in [5, 5.41) is 11.7. The van der Waals surface area contributed by atoms with Gasteiger partial charge in [0.05, 0.1) is 30.9 Å². The third-order valence-corrected chi connectivity index (χ3v) is 6.85. The van der Waals surface area contributed by atoms with Gasteiger partial charge < -0.3 is 14.6 Å². The average Bonchev–Trinajstić information content (AvgIpc) is 3.18. The van der Waals surface area contributed by atoms with Crippen molar-refractivity contribution in [3.8, 4) is 5.75 Å². The number of hydrogen-bond acceptors (Lipinski definition) is 6. The Morgan fingerprint density at radius 1 is 1.00 bits per heavy atom. The SMILES string of the molecule is CCOC(=O)c1cccc(N2C(=O)C(=O)/C(=C(/O)c3cc(C(C)(C)C)ccc3C)C2c2cccc(OC)c2)c1. The smallest absolute Gasteiger partial charge is 0.338 e. The van der Waals surface area contributed by atoms with Crippen LogP contribution in [0.4, 0.5) is 5.69 Å². The fourth-order valence-electron chi connectivity index (χ4n) is 4.71. The molecule has 1 saturated heterocycles. The normalized spacial score (nSPS) is 16.9. The lowest BCUT2D eigenvalue weighted by atomic mass is 9.84. The number of aliphatic hydroxyl groups is 1. The number of benzene rings is 3. The summed E-state index contributed by atoms with van der Waals surface area (Å²) < 4.78 is 10.5. The molecule has 202 valence electrons. The minimum Gasteiger partial charge on any atom is -0.507 e. The van der Waals surface area contributed by atoms with E-state index in [2.05, 4.69) is 20.8 Å². The van der Waals surface area contributed by atoms with Crippen molar-refractivity contribution in [2.45, 2.75) is 46.1 Å². The van der Waals surface area contributed by atoms with Crippen LogP contribution in [-0.2, 0) is 19.7 Å². The summed E-state index contributed by atoms with van der Waals surface area (Å²) in [6, 6.07) is 18.2. The van der Waals surface area contributed by atoms with E-state index in [1.807, 2.05) is 25.1 Å². The van der Waals surface area contributed by atoms with E-state index in [4.69, 9.17) is 9.47 Å². The molecule has 1 fully saturated rings. The van der Waals surface area contributed by atoms with E-state index in [1.165, 1.54) is 18.1 Å². The lowest BCUT2D eigenvalue weighted by Gasteiger charge is -2.26. The first-order chi connectivity index (χ1) is 18.5. The van der Waals surface area contributed by atoms with Gasteiger partial charge in [0.25, 0.3) is 11.7 Å². The monoisotopic (exact) mass is 527 g/mol. The molecule has 7 heteroatoms. The fourth-order valence-corrected chi connectivity index (χ4v) is 4.71. The second-order valence-electron chi connectivity index (χ2n) is 10.5. The zero-order chi connectivity index (χ0) is 28.5. The Labute approximate surface area is 228 Å². The highest BCUT2D eigenvalue weighted by molar-refractivity contribution is 6.51. The minimum absolute atomic E-state index is 0.0380. The van der Waals surface area contributed by atoms with E-state index < -0.39 is 23.7 Å². The van der Waals surface area contributed by atoms with Crippen LogP contribution in [-0.4, -0.2) is 36.5 Å². The largest absolute Gasteiger partial charge is 0.507 e. The fraction of sp³-hybridized carbons (Fsp3) is 0.281. The predicted molar refractivity (Wildman–Crippen MR) is 150 cm³/mol. The molecule has 1 aliphatic rings. The lowest BCUT2D eigenvalue weighted by molar-refractivity contribution is -0.132. The minimum atomic E-state index is -0.963. The summed E-state index contributed by atoms with van der Waals surface area (Å²) in [5.41, 5.74) is 3.13. The van der Waals surface area contributed by atoms with Gasteiger partial charge in [0.2, 0.25) is 0 Å². The maximum atomic E-state index is 13.6. The van der Waals surface area contributed by atoms with Crippen molar-refractivity contribution < 1.29 is 29.0 Å². The second kappa shape index (κ2) is 10.8. The number of ketones is 1. The molecule has 0 aromatic heterocycles. The average molecular weight is 528 g/mol.